The van der Waals surface area contributed by atoms with Gasteiger partial charge in [0.1, 0.15) is 4.75 Å². The van der Waals surface area contributed by atoms with Crippen LogP contribution in [-0.2, 0) is 4.79 Å². The van der Waals surface area contributed by atoms with E-state index in [-0.39, 0.29) is 0 Å². The average Bonchev–Trinajstić information content (AvgIpc) is 2.10. The highest BCUT2D eigenvalue weighted by molar-refractivity contribution is 8.01. The first-order chi connectivity index (χ1) is 6.83. The van der Waals surface area contributed by atoms with Gasteiger partial charge in [0.2, 0.25) is 0 Å². The van der Waals surface area contributed by atoms with E-state index in [1.165, 1.54) is 11.8 Å². The summed E-state index contributed by atoms with van der Waals surface area (Å²) in [6.45, 7) is 3.24. The molecule has 82 valence electrons. The Morgan fingerprint density at radius 3 is 2.53 bits per heavy atom. The molecule has 0 saturated heterocycles. The zero-order valence-corrected chi connectivity index (χ0v) is 10.6. The van der Waals surface area contributed by atoms with Gasteiger partial charge in [-0.25, -0.2) is 0 Å². The molecular weight excluding hydrogens is 255 g/mol. The van der Waals surface area contributed by atoms with E-state index >= 15 is 0 Å². The number of carboxylic acid groups (broad SMARTS) is 1. The molecule has 0 bridgehead atoms. The average molecular weight is 265 g/mol. The SMILES string of the molecule is CC(C)(Sc1cc(Cl)ccc1Cl)C(=O)O. The van der Waals surface area contributed by atoms with Gasteiger partial charge in [-0.2, -0.15) is 0 Å². The van der Waals surface area contributed by atoms with Crippen LogP contribution in [0.15, 0.2) is 23.1 Å². The minimum atomic E-state index is -0.922. The van der Waals surface area contributed by atoms with Gasteiger partial charge < -0.3 is 5.11 Å². The van der Waals surface area contributed by atoms with Gasteiger partial charge in [0.05, 0.1) is 5.02 Å². The molecule has 0 unspecified atom stereocenters. The fourth-order valence-electron chi connectivity index (χ4n) is 0.874. The predicted molar refractivity (Wildman–Crippen MR) is 64.0 cm³/mol. The highest BCUT2D eigenvalue weighted by atomic mass is 35.5. The molecule has 5 heteroatoms. The van der Waals surface area contributed by atoms with Crippen molar-refractivity contribution in [1.29, 1.82) is 0 Å². The van der Waals surface area contributed by atoms with Crippen molar-refractivity contribution in [2.45, 2.75) is 23.5 Å². The quantitative estimate of drug-likeness (QED) is 0.841. The Labute approximate surface area is 103 Å². The molecule has 0 heterocycles. The number of benzene rings is 1. The van der Waals surface area contributed by atoms with E-state index in [2.05, 4.69) is 0 Å². The Hall–Kier alpha value is -0.380. The van der Waals surface area contributed by atoms with Crippen molar-refractivity contribution in [3.63, 3.8) is 0 Å². The van der Waals surface area contributed by atoms with Gasteiger partial charge in [0, 0.05) is 9.92 Å². The first-order valence-electron chi connectivity index (χ1n) is 4.20. The van der Waals surface area contributed by atoms with Crippen LogP contribution in [0.4, 0.5) is 0 Å². The summed E-state index contributed by atoms with van der Waals surface area (Å²) in [5.41, 5.74) is 0. The molecule has 0 aromatic heterocycles. The van der Waals surface area contributed by atoms with Gasteiger partial charge in [-0.1, -0.05) is 23.2 Å². The summed E-state index contributed by atoms with van der Waals surface area (Å²) in [6.07, 6.45) is 0. The number of hydrogen-bond acceptors (Lipinski definition) is 2. The second kappa shape index (κ2) is 4.64. The maximum atomic E-state index is 10.9. The van der Waals surface area contributed by atoms with Crippen LogP contribution < -0.4 is 0 Å². The molecule has 0 aliphatic heterocycles. The first-order valence-corrected chi connectivity index (χ1v) is 5.77. The lowest BCUT2D eigenvalue weighted by Crippen LogP contribution is -2.26. The molecule has 15 heavy (non-hydrogen) atoms. The van der Waals surface area contributed by atoms with Crippen LogP contribution in [0, 0.1) is 0 Å². The molecule has 0 atom stereocenters. The van der Waals surface area contributed by atoms with Gasteiger partial charge in [0.25, 0.3) is 0 Å². The molecule has 1 aromatic rings. The van der Waals surface area contributed by atoms with Crippen molar-refractivity contribution < 1.29 is 9.90 Å². The molecule has 1 rings (SSSR count). The van der Waals surface area contributed by atoms with Crippen LogP contribution in [-0.4, -0.2) is 15.8 Å². The van der Waals surface area contributed by atoms with Crippen molar-refractivity contribution in [1.82, 2.24) is 0 Å². The summed E-state index contributed by atoms with van der Waals surface area (Å²) in [5.74, 6) is -0.886. The van der Waals surface area contributed by atoms with Crippen LogP contribution in [0.5, 0.6) is 0 Å². The van der Waals surface area contributed by atoms with Crippen molar-refractivity contribution in [2.24, 2.45) is 0 Å². The van der Waals surface area contributed by atoms with Crippen molar-refractivity contribution >= 4 is 40.9 Å². The van der Waals surface area contributed by atoms with Crippen molar-refractivity contribution in [3.8, 4) is 0 Å². The van der Waals surface area contributed by atoms with Gasteiger partial charge in [-0.3, -0.25) is 4.79 Å². The standard InChI is InChI=1S/C10H10Cl2O2S/c1-10(2,9(13)14)15-8-5-6(11)3-4-7(8)12/h3-5H,1-2H3,(H,13,14). The lowest BCUT2D eigenvalue weighted by Gasteiger charge is -2.19. The van der Waals surface area contributed by atoms with E-state index in [4.69, 9.17) is 28.3 Å². The van der Waals surface area contributed by atoms with Crippen LogP contribution in [0.2, 0.25) is 10.0 Å². The summed E-state index contributed by atoms with van der Waals surface area (Å²) in [4.78, 5) is 11.6. The summed E-state index contributed by atoms with van der Waals surface area (Å²) >= 11 is 12.9. The summed E-state index contributed by atoms with van der Waals surface area (Å²) < 4.78 is -0.922. The smallest absolute Gasteiger partial charge is 0.319 e. The third-order valence-corrected chi connectivity index (χ3v) is 3.69. The molecule has 2 nitrogen and oxygen atoms in total. The number of hydrogen-bond donors (Lipinski definition) is 1. The Morgan fingerprint density at radius 2 is 2.00 bits per heavy atom. The molecule has 1 N–H and O–H groups in total. The topological polar surface area (TPSA) is 37.3 Å². The number of carbonyl (C=O) groups is 1. The van der Waals surface area contributed by atoms with Crippen LogP contribution in [0.3, 0.4) is 0 Å². The Bertz CT molecular complexity index is 391. The number of aliphatic carboxylic acids is 1. The van der Waals surface area contributed by atoms with E-state index in [0.717, 1.165) is 0 Å². The Balaban J connectivity index is 2.99. The molecule has 0 aliphatic rings. The summed E-state index contributed by atoms with van der Waals surface area (Å²) in [7, 11) is 0. The summed E-state index contributed by atoms with van der Waals surface area (Å²) in [5, 5.41) is 10.0. The van der Waals surface area contributed by atoms with E-state index in [9.17, 15) is 4.79 Å². The van der Waals surface area contributed by atoms with E-state index < -0.39 is 10.7 Å². The van der Waals surface area contributed by atoms with E-state index in [1.807, 2.05) is 0 Å². The maximum Gasteiger partial charge on any atom is 0.319 e. The zero-order chi connectivity index (χ0) is 11.6. The lowest BCUT2D eigenvalue weighted by molar-refractivity contribution is -0.138. The van der Waals surface area contributed by atoms with Crippen LogP contribution in [0.25, 0.3) is 0 Å². The second-order valence-electron chi connectivity index (χ2n) is 3.49. The molecular formula is C10H10Cl2O2S. The van der Waals surface area contributed by atoms with Crippen LogP contribution in [0.1, 0.15) is 13.8 Å². The third-order valence-electron chi connectivity index (χ3n) is 1.77. The third kappa shape index (κ3) is 3.30. The Kier molecular flexibility index (Phi) is 3.93. The van der Waals surface area contributed by atoms with E-state index in [0.29, 0.717) is 14.9 Å². The number of rotatable bonds is 3. The highest BCUT2D eigenvalue weighted by Gasteiger charge is 2.29. The normalized spacial score (nSPS) is 11.5. The van der Waals surface area contributed by atoms with Gasteiger partial charge in [-0.05, 0) is 32.0 Å². The Morgan fingerprint density at radius 1 is 1.40 bits per heavy atom. The largest absolute Gasteiger partial charge is 0.480 e. The molecule has 0 amide bonds. The van der Waals surface area contributed by atoms with Crippen molar-refractivity contribution in [3.05, 3.63) is 28.2 Å². The molecule has 0 aliphatic carbocycles. The summed E-state index contributed by atoms with van der Waals surface area (Å²) in [6, 6.07) is 4.99. The zero-order valence-electron chi connectivity index (χ0n) is 8.25. The minimum absolute atomic E-state index is 0.513. The van der Waals surface area contributed by atoms with E-state index in [1.54, 1.807) is 32.0 Å². The van der Waals surface area contributed by atoms with Crippen LogP contribution >= 0.6 is 35.0 Å². The number of carboxylic acids is 1. The van der Waals surface area contributed by atoms with Gasteiger partial charge in [-0.15, -0.1) is 11.8 Å². The highest BCUT2D eigenvalue weighted by Crippen LogP contribution is 2.38. The lowest BCUT2D eigenvalue weighted by atomic mass is 10.2. The fourth-order valence-corrected chi connectivity index (χ4v) is 2.33. The van der Waals surface area contributed by atoms with Gasteiger partial charge >= 0.3 is 5.97 Å². The molecule has 0 spiro atoms. The fraction of sp³-hybridized carbons (Fsp3) is 0.300. The maximum absolute atomic E-state index is 10.9. The molecule has 0 saturated carbocycles. The second-order valence-corrected chi connectivity index (χ2v) is 6.00. The number of thioether (sulfide) groups is 1. The van der Waals surface area contributed by atoms with Crippen molar-refractivity contribution in [2.75, 3.05) is 0 Å². The first kappa shape index (κ1) is 12.7. The minimum Gasteiger partial charge on any atom is -0.480 e. The monoisotopic (exact) mass is 264 g/mol. The number of halogens is 2. The molecule has 0 fully saturated rings. The van der Waals surface area contributed by atoms with Gasteiger partial charge in [0.15, 0.2) is 0 Å². The molecule has 0 radical (unpaired) electrons. The molecule has 1 aromatic carbocycles. The predicted octanol–water partition coefficient (Wildman–Crippen LogP) is 3.95.